The summed E-state index contributed by atoms with van der Waals surface area (Å²) >= 11 is 10.2. The summed E-state index contributed by atoms with van der Waals surface area (Å²) in [6.07, 6.45) is 0. The maximum atomic E-state index is 12.0. The Morgan fingerprint density at radius 2 is 2.06 bits per heavy atom. The molecule has 18 heavy (non-hydrogen) atoms. The fourth-order valence-corrected chi connectivity index (χ4v) is 1.74. The molecule has 0 radical (unpaired) electrons. The van der Waals surface area contributed by atoms with E-state index >= 15 is 0 Å². The lowest BCUT2D eigenvalue weighted by Crippen LogP contribution is -2.33. The van der Waals surface area contributed by atoms with Gasteiger partial charge in [0.05, 0.1) is 10.6 Å². The number of halogens is 1. The van der Waals surface area contributed by atoms with Crippen molar-refractivity contribution in [3.05, 3.63) is 28.8 Å². The Bertz CT molecular complexity index is 440. The van der Waals surface area contributed by atoms with Crippen LogP contribution in [0.25, 0.3) is 0 Å². The van der Waals surface area contributed by atoms with Gasteiger partial charge in [0.2, 0.25) is 0 Å². The van der Waals surface area contributed by atoms with Crippen LogP contribution in [0.15, 0.2) is 23.1 Å². The van der Waals surface area contributed by atoms with Gasteiger partial charge in [0.1, 0.15) is 0 Å². The molecule has 0 saturated carbocycles. The number of nitrogens with one attached hydrogen (secondary N) is 1. The highest BCUT2D eigenvalue weighted by molar-refractivity contribution is 7.80. The van der Waals surface area contributed by atoms with Crippen LogP contribution in [0.3, 0.4) is 0 Å². The standard InChI is InChI=1S/C14H20ClNOS/c1-9(14(2,3)4)8-16-13(17)11-7-10(18)5-6-12(11)15/h5-7,9,18H,8H2,1-4H3,(H,16,17). The van der Waals surface area contributed by atoms with E-state index in [9.17, 15) is 4.79 Å². The van der Waals surface area contributed by atoms with Crippen LogP contribution in [0, 0.1) is 11.3 Å². The van der Waals surface area contributed by atoms with Crippen molar-refractivity contribution in [3.63, 3.8) is 0 Å². The Kier molecular flexibility index (Phi) is 5.11. The van der Waals surface area contributed by atoms with Crippen LogP contribution >= 0.6 is 24.2 Å². The zero-order chi connectivity index (χ0) is 13.9. The number of carbonyl (C=O) groups excluding carboxylic acids is 1. The first kappa shape index (κ1) is 15.4. The molecule has 0 heterocycles. The van der Waals surface area contributed by atoms with E-state index in [4.69, 9.17) is 11.6 Å². The summed E-state index contributed by atoms with van der Waals surface area (Å²) in [4.78, 5) is 12.7. The van der Waals surface area contributed by atoms with Crippen LogP contribution in [-0.2, 0) is 0 Å². The number of benzene rings is 1. The first-order valence-corrected chi connectivity index (χ1v) is 6.81. The van der Waals surface area contributed by atoms with E-state index in [1.54, 1.807) is 18.2 Å². The Labute approximate surface area is 120 Å². The van der Waals surface area contributed by atoms with Gasteiger partial charge in [-0.05, 0) is 29.5 Å². The second kappa shape index (κ2) is 5.98. The Hall–Kier alpha value is -0.670. The van der Waals surface area contributed by atoms with E-state index in [-0.39, 0.29) is 11.3 Å². The van der Waals surface area contributed by atoms with Crippen LogP contribution in [0.5, 0.6) is 0 Å². The van der Waals surface area contributed by atoms with Crippen molar-refractivity contribution in [2.45, 2.75) is 32.6 Å². The molecule has 1 aromatic carbocycles. The molecule has 4 heteroatoms. The quantitative estimate of drug-likeness (QED) is 0.807. The first-order chi connectivity index (χ1) is 8.21. The molecule has 1 rings (SSSR count). The van der Waals surface area contributed by atoms with Crippen LogP contribution in [-0.4, -0.2) is 12.5 Å². The Balaban J connectivity index is 2.69. The fraction of sp³-hybridized carbons (Fsp3) is 0.500. The topological polar surface area (TPSA) is 29.1 Å². The van der Waals surface area contributed by atoms with Gasteiger partial charge in [-0.2, -0.15) is 0 Å². The summed E-state index contributed by atoms with van der Waals surface area (Å²) in [6.45, 7) is 9.23. The van der Waals surface area contributed by atoms with Gasteiger partial charge in [-0.1, -0.05) is 39.3 Å². The Morgan fingerprint density at radius 1 is 1.44 bits per heavy atom. The largest absolute Gasteiger partial charge is 0.352 e. The van der Waals surface area contributed by atoms with Gasteiger partial charge in [0.25, 0.3) is 5.91 Å². The molecule has 2 nitrogen and oxygen atoms in total. The van der Waals surface area contributed by atoms with Crippen LogP contribution in [0.2, 0.25) is 5.02 Å². The molecular formula is C14H20ClNOS. The third-order valence-corrected chi connectivity index (χ3v) is 3.85. The van der Waals surface area contributed by atoms with Gasteiger partial charge in [-0.15, -0.1) is 12.6 Å². The lowest BCUT2D eigenvalue weighted by molar-refractivity contribution is 0.0937. The van der Waals surface area contributed by atoms with Crippen molar-refractivity contribution in [3.8, 4) is 0 Å². The molecule has 0 saturated heterocycles. The van der Waals surface area contributed by atoms with Crippen molar-refractivity contribution in [1.29, 1.82) is 0 Å². The summed E-state index contributed by atoms with van der Waals surface area (Å²) in [7, 11) is 0. The molecule has 0 aromatic heterocycles. The summed E-state index contributed by atoms with van der Waals surface area (Å²) in [5, 5.41) is 3.37. The molecule has 0 bridgehead atoms. The van der Waals surface area contributed by atoms with Crippen molar-refractivity contribution < 1.29 is 4.79 Å². The SMILES string of the molecule is CC(CNC(=O)c1cc(S)ccc1Cl)C(C)(C)C. The molecule has 0 spiro atoms. The van der Waals surface area contributed by atoms with E-state index in [2.05, 4.69) is 45.6 Å². The number of hydrogen-bond acceptors (Lipinski definition) is 2. The van der Waals surface area contributed by atoms with Crippen molar-refractivity contribution >= 4 is 30.1 Å². The average Bonchev–Trinajstić information content (AvgIpc) is 2.27. The van der Waals surface area contributed by atoms with E-state index in [0.29, 0.717) is 23.0 Å². The number of hydrogen-bond donors (Lipinski definition) is 2. The molecule has 0 fully saturated rings. The van der Waals surface area contributed by atoms with Gasteiger partial charge in [-0.25, -0.2) is 0 Å². The predicted molar refractivity (Wildman–Crippen MR) is 79.7 cm³/mol. The lowest BCUT2D eigenvalue weighted by atomic mass is 9.82. The number of carbonyl (C=O) groups is 1. The number of rotatable bonds is 3. The van der Waals surface area contributed by atoms with Crippen LogP contribution < -0.4 is 5.32 Å². The highest BCUT2D eigenvalue weighted by Crippen LogP contribution is 2.25. The second-order valence-corrected chi connectivity index (χ2v) is 6.56. The zero-order valence-corrected chi connectivity index (χ0v) is 12.9. The van der Waals surface area contributed by atoms with Crippen molar-refractivity contribution in [2.24, 2.45) is 11.3 Å². The summed E-state index contributed by atoms with van der Waals surface area (Å²) in [5.74, 6) is 0.242. The van der Waals surface area contributed by atoms with Gasteiger partial charge < -0.3 is 5.32 Å². The van der Waals surface area contributed by atoms with Crippen LogP contribution in [0.1, 0.15) is 38.1 Å². The minimum Gasteiger partial charge on any atom is -0.352 e. The van der Waals surface area contributed by atoms with E-state index in [1.165, 1.54) is 0 Å². The molecule has 1 unspecified atom stereocenters. The molecule has 1 amide bonds. The monoisotopic (exact) mass is 285 g/mol. The van der Waals surface area contributed by atoms with Crippen LogP contribution in [0.4, 0.5) is 0 Å². The summed E-state index contributed by atoms with van der Waals surface area (Å²) in [6, 6.07) is 5.13. The highest BCUT2D eigenvalue weighted by Gasteiger charge is 2.21. The highest BCUT2D eigenvalue weighted by atomic mass is 35.5. The molecule has 1 atom stereocenters. The van der Waals surface area contributed by atoms with Gasteiger partial charge in [-0.3, -0.25) is 4.79 Å². The summed E-state index contributed by atoms with van der Waals surface area (Å²) in [5.41, 5.74) is 0.646. The Morgan fingerprint density at radius 3 is 2.61 bits per heavy atom. The van der Waals surface area contributed by atoms with Crippen molar-refractivity contribution in [2.75, 3.05) is 6.54 Å². The zero-order valence-electron chi connectivity index (χ0n) is 11.2. The first-order valence-electron chi connectivity index (χ1n) is 5.98. The fourth-order valence-electron chi connectivity index (χ4n) is 1.33. The van der Waals surface area contributed by atoms with E-state index < -0.39 is 0 Å². The molecular weight excluding hydrogens is 266 g/mol. The minimum atomic E-state index is -0.146. The lowest BCUT2D eigenvalue weighted by Gasteiger charge is -2.27. The summed E-state index contributed by atoms with van der Waals surface area (Å²) < 4.78 is 0. The molecule has 1 N–H and O–H groups in total. The third-order valence-electron chi connectivity index (χ3n) is 3.24. The average molecular weight is 286 g/mol. The second-order valence-electron chi connectivity index (χ2n) is 5.64. The smallest absolute Gasteiger partial charge is 0.252 e. The minimum absolute atomic E-state index is 0.146. The number of thiol groups is 1. The molecule has 0 aliphatic carbocycles. The van der Waals surface area contributed by atoms with Crippen molar-refractivity contribution in [1.82, 2.24) is 5.32 Å². The maximum absolute atomic E-state index is 12.0. The molecule has 0 aliphatic rings. The molecule has 0 aliphatic heterocycles. The number of amides is 1. The normalized spacial score (nSPS) is 13.2. The maximum Gasteiger partial charge on any atom is 0.252 e. The molecule has 100 valence electrons. The van der Waals surface area contributed by atoms with E-state index in [0.717, 1.165) is 4.90 Å². The van der Waals surface area contributed by atoms with Gasteiger partial charge in [0, 0.05) is 11.4 Å². The third kappa shape index (κ3) is 4.21. The van der Waals surface area contributed by atoms with Gasteiger partial charge in [0.15, 0.2) is 0 Å². The predicted octanol–water partition coefficient (Wildman–Crippen LogP) is 4.04. The van der Waals surface area contributed by atoms with E-state index in [1.807, 2.05) is 0 Å². The van der Waals surface area contributed by atoms with Gasteiger partial charge >= 0.3 is 0 Å². The molecule has 1 aromatic rings.